The molecule has 0 amide bonds. The van der Waals surface area contributed by atoms with Gasteiger partial charge in [0.05, 0.1) is 6.04 Å². The van der Waals surface area contributed by atoms with E-state index in [1.807, 2.05) is 53.4 Å². The Hall–Kier alpha value is -3.03. The summed E-state index contributed by atoms with van der Waals surface area (Å²) in [5, 5.41) is 3.50. The minimum atomic E-state index is -1.52. The lowest BCUT2D eigenvalue weighted by atomic mass is 9.80. The number of hydrogen-bond acceptors (Lipinski definition) is 4. The van der Waals surface area contributed by atoms with Crippen molar-refractivity contribution in [2.45, 2.75) is 64.3 Å². The lowest BCUT2D eigenvalue weighted by Crippen LogP contribution is -2.43. The number of alkyl halides is 1. The highest BCUT2D eigenvalue weighted by molar-refractivity contribution is 5.52. The summed E-state index contributed by atoms with van der Waals surface area (Å²) in [7, 11) is 0. The molecule has 3 aromatic rings. The van der Waals surface area contributed by atoms with Crippen molar-refractivity contribution in [2.24, 2.45) is 5.41 Å². The third kappa shape index (κ3) is 6.32. The van der Waals surface area contributed by atoms with Crippen LogP contribution in [0.3, 0.4) is 0 Å². The molecule has 7 heteroatoms. The fourth-order valence-electron chi connectivity index (χ4n) is 7.23. The zero-order chi connectivity index (χ0) is 29.3. The van der Waals surface area contributed by atoms with Crippen molar-refractivity contribution in [2.75, 3.05) is 44.2 Å². The van der Waals surface area contributed by atoms with Gasteiger partial charge in [-0.3, -0.25) is 4.90 Å². The van der Waals surface area contributed by atoms with Gasteiger partial charge in [-0.25, -0.2) is 13.2 Å². The van der Waals surface area contributed by atoms with Crippen LogP contribution in [-0.4, -0.2) is 49.8 Å². The summed E-state index contributed by atoms with van der Waals surface area (Å²) in [4.78, 5) is 4.02. The zero-order valence-corrected chi connectivity index (χ0v) is 24.8. The van der Waals surface area contributed by atoms with Crippen molar-refractivity contribution < 1.29 is 17.9 Å². The number of anilines is 1. The first-order chi connectivity index (χ1) is 20.2. The smallest absolute Gasteiger partial charge is 0.133 e. The van der Waals surface area contributed by atoms with Gasteiger partial charge in [-0.2, -0.15) is 0 Å². The van der Waals surface area contributed by atoms with E-state index in [-0.39, 0.29) is 12.1 Å². The molecule has 0 aromatic heterocycles. The highest BCUT2D eigenvalue weighted by Crippen LogP contribution is 2.42. The van der Waals surface area contributed by atoms with Crippen molar-refractivity contribution in [3.63, 3.8) is 0 Å². The number of benzene rings is 3. The van der Waals surface area contributed by atoms with Gasteiger partial charge in [-0.15, -0.1) is 0 Å². The van der Waals surface area contributed by atoms with Crippen molar-refractivity contribution in [1.82, 2.24) is 10.2 Å². The van der Waals surface area contributed by atoms with Crippen LogP contribution in [0.1, 0.15) is 67.8 Å². The molecule has 0 aliphatic carbocycles. The molecule has 6 rings (SSSR count). The molecule has 2 atom stereocenters. The molecule has 224 valence electrons. The predicted octanol–water partition coefficient (Wildman–Crippen LogP) is 7.21. The summed E-state index contributed by atoms with van der Waals surface area (Å²) in [5.74, 6) is -0.436. The minimum absolute atomic E-state index is 0.00631. The van der Waals surface area contributed by atoms with Crippen molar-refractivity contribution in [1.29, 1.82) is 0 Å². The van der Waals surface area contributed by atoms with Gasteiger partial charge >= 0.3 is 0 Å². The van der Waals surface area contributed by atoms with Crippen LogP contribution in [0.15, 0.2) is 60.7 Å². The molecular weight excluding hydrogens is 535 g/mol. The average molecular weight is 578 g/mol. The first kappa shape index (κ1) is 29.1. The van der Waals surface area contributed by atoms with Gasteiger partial charge in [0, 0.05) is 44.0 Å². The number of halogens is 3. The molecule has 3 aliphatic heterocycles. The number of rotatable bonds is 7. The van der Waals surface area contributed by atoms with E-state index in [1.54, 1.807) is 0 Å². The van der Waals surface area contributed by atoms with Crippen LogP contribution in [0, 0.1) is 17.0 Å². The minimum Gasteiger partial charge on any atom is -0.489 e. The molecule has 1 N–H and O–H groups in total. The number of hydrogen-bond donors (Lipinski definition) is 1. The van der Waals surface area contributed by atoms with E-state index >= 15 is 8.78 Å². The molecule has 3 aliphatic rings. The SMILES string of the molecule is CC(C)(F)CN1CCc2cc(OCc3ccccc3)ccc2C1c1c(F)cc(N2CCCC3(CCNC3)CC2)cc1F. The number of nitrogens with zero attached hydrogens (tertiary/aromatic N) is 2. The van der Waals surface area contributed by atoms with Gasteiger partial charge in [-0.05, 0) is 98.9 Å². The molecule has 3 heterocycles. The topological polar surface area (TPSA) is 27.7 Å². The lowest BCUT2D eigenvalue weighted by molar-refractivity contribution is 0.0972. The van der Waals surface area contributed by atoms with E-state index in [1.165, 1.54) is 32.4 Å². The maximum absolute atomic E-state index is 16.1. The van der Waals surface area contributed by atoms with Crippen molar-refractivity contribution >= 4 is 5.69 Å². The third-order valence-corrected chi connectivity index (χ3v) is 9.35. The van der Waals surface area contributed by atoms with E-state index in [4.69, 9.17) is 4.74 Å². The molecule has 1 spiro atoms. The Labute approximate surface area is 247 Å². The largest absolute Gasteiger partial charge is 0.489 e. The van der Waals surface area contributed by atoms with Crippen LogP contribution >= 0.6 is 0 Å². The van der Waals surface area contributed by atoms with E-state index in [9.17, 15) is 4.39 Å². The summed E-state index contributed by atoms with van der Waals surface area (Å²) < 4.78 is 53.3. The van der Waals surface area contributed by atoms with E-state index in [0.29, 0.717) is 36.4 Å². The molecule has 2 fully saturated rings. The fraction of sp³-hybridized carbons (Fsp3) is 0.486. The molecule has 0 radical (unpaired) electrons. The molecule has 42 heavy (non-hydrogen) atoms. The van der Waals surface area contributed by atoms with Crippen LogP contribution in [0.25, 0.3) is 0 Å². The lowest BCUT2D eigenvalue weighted by Gasteiger charge is -2.40. The van der Waals surface area contributed by atoms with Crippen LogP contribution in [0.4, 0.5) is 18.9 Å². The summed E-state index contributed by atoms with van der Waals surface area (Å²) in [6.45, 7) is 7.70. The number of ether oxygens (including phenoxy) is 1. The Morgan fingerprint density at radius 3 is 2.45 bits per heavy atom. The first-order valence-corrected chi connectivity index (χ1v) is 15.4. The molecular formula is C35H42F3N3O. The Morgan fingerprint density at radius 2 is 1.74 bits per heavy atom. The van der Waals surface area contributed by atoms with Crippen LogP contribution in [-0.2, 0) is 13.0 Å². The second kappa shape index (κ2) is 11.9. The second-order valence-electron chi connectivity index (χ2n) is 13.1. The highest BCUT2D eigenvalue weighted by atomic mass is 19.1. The van der Waals surface area contributed by atoms with Gasteiger partial charge in [-0.1, -0.05) is 36.4 Å². The van der Waals surface area contributed by atoms with Gasteiger partial charge in [0.1, 0.15) is 29.7 Å². The van der Waals surface area contributed by atoms with Gasteiger partial charge in [0.25, 0.3) is 0 Å². The standard InChI is InChI=1S/C35H42F3N3O/c1-34(2,38)24-41-17-11-26-19-28(42-22-25-7-4-3-5-8-25)9-10-29(26)33(41)32-30(36)20-27(21-31(32)37)40-16-6-12-35(14-18-40)13-15-39-23-35/h3-5,7-10,19-21,33,39H,6,11-18,22-24H2,1-2H3. The van der Waals surface area contributed by atoms with E-state index in [0.717, 1.165) is 62.1 Å². The Morgan fingerprint density at radius 1 is 0.952 bits per heavy atom. The molecule has 2 saturated heterocycles. The van der Waals surface area contributed by atoms with Gasteiger partial charge < -0.3 is 15.0 Å². The van der Waals surface area contributed by atoms with Gasteiger partial charge in [0.2, 0.25) is 0 Å². The van der Waals surface area contributed by atoms with Crippen molar-refractivity contribution in [3.05, 3.63) is 94.6 Å². The predicted molar refractivity (Wildman–Crippen MR) is 162 cm³/mol. The Balaban J connectivity index is 1.29. The maximum atomic E-state index is 16.1. The summed E-state index contributed by atoms with van der Waals surface area (Å²) >= 11 is 0. The molecule has 0 saturated carbocycles. The Kier molecular flexibility index (Phi) is 8.25. The summed E-state index contributed by atoms with van der Waals surface area (Å²) in [6, 6.07) is 17.9. The fourth-order valence-corrected chi connectivity index (χ4v) is 7.23. The highest BCUT2D eigenvalue weighted by Gasteiger charge is 2.38. The first-order valence-electron chi connectivity index (χ1n) is 15.4. The van der Waals surface area contributed by atoms with Gasteiger partial charge in [0.15, 0.2) is 0 Å². The second-order valence-corrected chi connectivity index (χ2v) is 13.1. The maximum Gasteiger partial charge on any atom is 0.133 e. The van der Waals surface area contributed by atoms with E-state index in [2.05, 4.69) is 10.2 Å². The van der Waals surface area contributed by atoms with E-state index < -0.39 is 23.3 Å². The number of nitrogens with one attached hydrogen (secondary N) is 1. The number of fused-ring (bicyclic) bond motifs is 1. The Bertz CT molecular complexity index is 1360. The third-order valence-electron chi connectivity index (χ3n) is 9.35. The average Bonchev–Trinajstić information content (AvgIpc) is 3.32. The molecule has 2 unspecified atom stereocenters. The summed E-state index contributed by atoms with van der Waals surface area (Å²) in [6.07, 6.45) is 4.99. The molecule has 0 bridgehead atoms. The summed E-state index contributed by atoms with van der Waals surface area (Å²) in [5.41, 5.74) is 2.22. The molecule has 4 nitrogen and oxygen atoms in total. The van der Waals surface area contributed by atoms with Crippen LogP contribution in [0.2, 0.25) is 0 Å². The van der Waals surface area contributed by atoms with Crippen molar-refractivity contribution in [3.8, 4) is 5.75 Å². The zero-order valence-electron chi connectivity index (χ0n) is 24.8. The van der Waals surface area contributed by atoms with Crippen LogP contribution < -0.4 is 15.0 Å². The molecule has 3 aromatic carbocycles. The van der Waals surface area contributed by atoms with Crippen LogP contribution in [0.5, 0.6) is 5.75 Å². The normalized spacial score (nSPS) is 23.2. The quantitative estimate of drug-likeness (QED) is 0.321. The monoisotopic (exact) mass is 577 g/mol.